The van der Waals surface area contributed by atoms with Gasteiger partial charge in [-0.2, -0.15) is 0 Å². The number of amides is 1. The third-order valence-electron chi connectivity index (χ3n) is 3.99. The second-order valence-corrected chi connectivity index (χ2v) is 6.81. The number of ether oxygens (including phenoxy) is 1. The van der Waals surface area contributed by atoms with Gasteiger partial charge in [-0.15, -0.1) is 6.42 Å². The molecule has 1 N–H and O–H groups in total. The number of carbonyl (C=O) groups is 2. The highest BCUT2D eigenvalue weighted by Crippen LogP contribution is 2.22. The summed E-state index contributed by atoms with van der Waals surface area (Å²) in [5, 5.41) is 3.25. The van der Waals surface area contributed by atoms with Gasteiger partial charge in [0.15, 0.2) is 5.16 Å². The summed E-state index contributed by atoms with van der Waals surface area (Å²) in [5.74, 6) is 1.57. The highest BCUT2D eigenvalue weighted by molar-refractivity contribution is 7.99. The summed E-state index contributed by atoms with van der Waals surface area (Å²) in [6.45, 7) is 0.124. The molecule has 0 saturated heterocycles. The Bertz CT molecular complexity index is 1170. The van der Waals surface area contributed by atoms with Crippen LogP contribution in [0.5, 0.6) is 0 Å². The number of methoxy groups -OCH3 is 1. The molecule has 0 unspecified atom stereocenters. The summed E-state index contributed by atoms with van der Waals surface area (Å²) in [6, 6.07) is 13.6. The molecule has 0 aliphatic heterocycles. The van der Waals surface area contributed by atoms with Crippen LogP contribution in [0.2, 0.25) is 0 Å². The number of terminal acetylenes is 1. The summed E-state index contributed by atoms with van der Waals surface area (Å²) in [5.41, 5.74) is 0.948. The lowest BCUT2D eigenvalue weighted by Crippen LogP contribution is -2.26. The first-order valence-corrected chi connectivity index (χ1v) is 9.57. The van der Waals surface area contributed by atoms with Gasteiger partial charge in [0.25, 0.3) is 5.56 Å². The van der Waals surface area contributed by atoms with Gasteiger partial charge in [0.2, 0.25) is 5.91 Å². The van der Waals surface area contributed by atoms with E-state index in [1.807, 2.05) is 6.07 Å². The van der Waals surface area contributed by atoms with Crippen LogP contribution in [-0.2, 0) is 9.53 Å². The first-order valence-electron chi connectivity index (χ1n) is 8.58. The number of carbonyl (C=O) groups excluding carboxylic acids is 2. The van der Waals surface area contributed by atoms with Crippen molar-refractivity contribution >= 4 is 34.5 Å². The van der Waals surface area contributed by atoms with Crippen molar-refractivity contribution in [1.29, 1.82) is 0 Å². The monoisotopic (exact) mass is 407 g/mol. The number of hydrogen-bond acceptors (Lipinski definition) is 6. The standard InChI is InChI=1S/C21H17N3O4S/c1-3-11-22-18(25)13-29-21-23-17-12-14(20(27)28-2)9-10-16(17)19(26)24(21)15-7-5-4-6-8-15/h1,4-10,12H,11,13H2,2H3,(H,22,25). The van der Waals surface area contributed by atoms with E-state index in [0.29, 0.717) is 21.7 Å². The van der Waals surface area contributed by atoms with Gasteiger partial charge in [-0.3, -0.25) is 14.2 Å². The molecule has 1 aromatic heterocycles. The maximum Gasteiger partial charge on any atom is 0.337 e. The van der Waals surface area contributed by atoms with E-state index < -0.39 is 5.97 Å². The normalized spacial score (nSPS) is 10.3. The molecule has 8 heteroatoms. The van der Waals surface area contributed by atoms with Crippen molar-refractivity contribution in [2.75, 3.05) is 19.4 Å². The molecular weight excluding hydrogens is 390 g/mol. The predicted molar refractivity (Wildman–Crippen MR) is 111 cm³/mol. The number of para-hydroxylation sites is 1. The summed E-state index contributed by atoms with van der Waals surface area (Å²) < 4.78 is 6.17. The summed E-state index contributed by atoms with van der Waals surface area (Å²) in [4.78, 5) is 41.5. The molecule has 1 heterocycles. The van der Waals surface area contributed by atoms with Gasteiger partial charge in [0.1, 0.15) is 0 Å². The smallest absolute Gasteiger partial charge is 0.337 e. The molecule has 7 nitrogen and oxygen atoms in total. The molecule has 146 valence electrons. The maximum absolute atomic E-state index is 13.2. The van der Waals surface area contributed by atoms with Crippen molar-refractivity contribution < 1.29 is 14.3 Å². The van der Waals surface area contributed by atoms with E-state index >= 15 is 0 Å². The van der Waals surface area contributed by atoms with Crippen LogP contribution in [-0.4, -0.2) is 40.8 Å². The largest absolute Gasteiger partial charge is 0.465 e. The molecule has 1 amide bonds. The highest BCUT2D eigenvalue weighted by Gasteiger charge is 2.16. The topological polar surface area (TPSA) is 90.3 Å². The minimum atomic E-state index is -0.524. The van der Waals surface area contributed by atoms with E-state index in [1.54, 1.807) is 30.3 Å². The third-order valence-corrected chi connectivity index (χ3v) is 4.93. The van der Waals surface area contributed by atoms with Crippen molar-refractivity contribution in [1.82, 2.24) is 14.9 Å². The SMILES string of the molecule is C#CCNC(=O)CSc1nc2cc(C(=O)OC)ccc2c(=O)n1-c1ccccc1. The van der Waals surface area contributed by atoms with Crippen LogP contribution in [0.15, 0.2) is 58.5 Å². The number of benzene rings is 2. The second kappa shape index (κ2) is 9.08. The fourth-order valence-electron chi connectivity index (χ4n) is 2.64. The van der Waals surface area contributed by atoms with Crippen molar-refractivity contribution in [2.24, 2.45) is 0 Å². The van der Waals surface area contributed by atoms with Crippen LogP contribution in [0.3, 0.4) is 0 Å². The molecule has 2 aromatic carbocycles. The number of nitrogens with zero attached hydrogens (tertiary/aromatic N) is 2. The molecule has 0 saturated carbocycles. The van der Waals surface area contributed by atoms with E-state index in [2.05, 4.69) is 16.2 Å². The average molecular weight is 407 g/mol. The minimum Gasteiger partial charge on any atom is -0.465 e. The van der Waals surface area contributed by atoms with Crippen LogP contribution >= 0.6 is 11.8 Å². The number of nitrogens with one attached hydrogen (secondary N) is 1. The Morgan fingerprint density at radius 1 is 1.24 bits per heavy atom. The number of esters is 1. The lowest BCUT2D eigenvalue weighted by Gasteiger charge is -2.13. The maximum atomic E-state index is 13.2. The Labute approximate surface area is 171 Å². The lowest BCUT2D eigenvalue weighted by molar-refractivity contribution is -0.118. The molecule has 0 fully saturated rings. The van der Waals surface area contributed by atoms with Crippen LogP contribution in [0.1, 0.15) is 10.4 Å². The molecular formula is C21H17N3O4S. The van der Waals surface area contributed by atoms with Crippen LogP contribution in [0, 0.1) is 12.3 Å². The fourth-order valence-corrected chi connectivity index (χ4v) is 3.49. The van der Waals surface area contributed by atoms with Crippen LogP contribution in [0.4, 0.5) is 0 Å². The van der Waals surface area contributed by atoms with Crippen LogP contribution in [0.25, 0.3) is 16.6 Å². The van der Waals surface area contributed by atoms with E-state index in [-0.39, 0.29) is 29.3 Å². The van der Waals surface area contributed by atoms with Gasteiger partial charge in [-0.1, -0.05) is 35.9 Å². The zero-order chi connectivity index (χ0) is 20.8. The third kappa shape index (κ3) is 4.47. The molecule has 0 radical (unpaired) electrons. The van der Waals surface area contributed by atoms with Gasteiger partial charge >= 0.3 is 5.97 Å². The molecule has 0 aliphatic rings. The van der Waals surface area contributed by atoms with Gasteiger partial charge in [-0.05, 0) is 30.3 Å². The van der Waals surface area contributed by atoms with E-state index in [4.69, 9.17) is 11.2 Å². The van der Waals surface area contributed by atoms with Gasteiger partial charge in [0, 0.05) is 0 Å². The molecule has 0 bridgehead atoms. The van der Waals surface area contributed by atoms with Crippen molar-refractivity contribution in [2.45, 2.75) is 5.16 Å². The fraction of sp³-hybridized carbons (Fsp3) is 0.143. The van der Waals surface area contributed by atoms with E-state index in [0.717, 1.165) is 11.8 Å². The second-order valence-electron chi connectivity index (χ2n) is 5.86. The Hall–Kier alpha value is -3.57. The van der Waals surface area contributed by atoms with Crippen molar-refractivity contribution in [3.63, 3.8) is 0 Å². The molecule has 0 aliphatic carbocycles. The van der Waals surface area contributed by atoms with Gasteiger partial charge < -0.3 is 10.1 Å². The molecule has 3 aromatic rings. The predicted octanol–water partition coefficient (Wildman–Crippen LogP) is 2.01. The van der Waals surface area contributed by atoms with Crippen molar-refractivity contribution in [3.8, 4) is 18.0 Å². The van der Waals surface area contributed by atoms with Crippen LogP contribution < -0.4 is 10.9 Å². The highest BCUT2D eigenvalue weighted by atomic mass is 32.2. The first-order chi connectivity index (χ1) is 14.0. The van der Waals surface area contributed by atoms with E-state index in [1.165, 1.54) is 23.8 Å². The number of hydrogen-bond donors (Lipinski definition) is 1. The minimum absolute atomic E-state index is 0.0309. The number of rotatable bonds is 6. The summed E-state index contributed by atoms with van der Waals surface area (Å²) >= 11 is 1.10. The number of fused-ring (bicyclic) bond motifs is 1. The van der Waals surface area contributed by atoms with E-state index in [9.17, 15) is 14.4 Å². The van der Waals surface area contributed by atoms with Gasteiger partial charge in [0.05, 0.1) is 41.6 Å². The Kier molecular flexibility index (Phi) is 6.32. The molecule has 3 rings (SSSR count). The van der Waals surface area contributed by atoms with Gasteiger partial charge in [-0.25, -0.2) is 9.78 Å². The zero-order valence-electron chi connectivity index (χ0n) is 15.5. The number of thioether (sulfide) groups is 1. The van der Waals surface area contributed by atoms with Crippen molar-refractivity contribution in [3.05, 3.63) is 64.4 Å². The Balaban J connectivity index is 2.11. The quantitative estimate of drug-likeness (QED) is 0.291. The Morgan fingerprint density at radius 2 is 2.00 bits per heavy atom. The number of aromatic nitrogens is 2. The zero-order valence-corrected chi connectivity index (χ0v) is 16.4. The Morgan fingerprint density at radius 3 is 2.69 bits per heavy atom. The summed E-state index contributed by atoms with van der Waals surface area (Å²) in [6.07, 6.45) is 5.15. The lowest BCUT2D eigenvalue weighted by atomic mass is 10.1. The average Bonchev–Trinajstić information content (AvgIpc) is 2.75. The molecule has 29 heavy (non-hydrogen) atoms. The first kappa shape index (κ1) is 20.2. The molecule has 0 spiro atoms. The molecule has 0 atom stereocenters. The summed E-state index contributed by atoms with van der Waals surface area (Å²) in [7, 11) is 1.28.